The summed E-state index contributed by atoms with van der Waals surface area (Å²) < 4.78 is 0. The molecule has 102 valence electrons. The third-order valence-corrected chi connectivity index (χ3v) is 2.41. The molecule has 7 heteroatoms. The number of hydrogen-bond donors (Lipinski definition) is 4. The fraction of sp³-hybridized carbons (Fsp3) is 0.545. The number of carbonyl (C=O) groups excluding carboxylic acids is 1. The molecule has 0 radical (unpaired) electrons. The number of nitrogens with one attached hydrogen (secondary N) is 1. The first-order valence-corrected chi connectivity index (χ1v) is 5.47. The van der Waals surface area contributed by atoms with Crippen molar-refractivity contribution >= 4 is 17.8 Å². The van der Waals surface area contributed by atoms with Gasteiger partial charge in [-0.1, -0.05) is 13.5 Å². The van der Waals surface area contributed by atoms with Crippen LogP contribution in [0.1, 0.15) is 26.2 Å². The Balaban J connectivity index is 4.32. The molecule has 0 aromatic carbocycles. The van der Waals surface area contributed by atoms with Gasteiger partial charge < -0.3 is 21.3 Å². The van der Waals surface area contributed by atoms with E-state index in [2.05, 4.69) is 11.9 Å². The molecule has 0 bridgehead atoms. The van der Waals surface area contributed by atoms with E-state index in [-0.39, 0.29) is 12.8 Å². The summed E-state index contributed by atoms with van der Waals surface area (Å²) in [5, 5.41) is 19.7. The van der Waals surface area contributed by atoms with Gasteiger partial charge in [-0.2, -0.15) is 0 Å². The maximum atomic E-state index is 11.4. The lowest BCUT2D eigenvalue weighted by Gasteiger charge is -2.16. The molecule has 0 fully saturated rings. The van der Waals surface area contributed by atoms with E-state index in [1.54, 1.807) is 6.92 Å². The van der Waals surface area contributed by atoms with E-state index in [1.807, 2.05) is 0 Å². The first kappa shape index (κ1) is 16.1. The first-order valence-electron chi connectivity index (χ1n) is 5.47. The van der Waals surface area contributed by atoms with Gasteiger partial charge in [0.25, 0.3) is 0 Å². The Labute approximate surface area is 105 Å². The van der Waals surface area contributed by atoms with Gasteiger partial charge in [-0.3, -0.25) is 9.59 Å². The molecule has 0 aliphatic carbocycles. The van der Waals surface area contributed by atoms with Gasteiger partial charge in [-0.25, -0.2) is 4.79 Å². The Kier molecular flexibility index (Phi) is 6.66. The Morgan fingerprint density at radius 2 is 1.83 bits per heavy atom. The highest BCUT2D eigenvalue weighted by atomic mass is 16.4. The maximum absolute atomic E-state index is 11.4. The molecule has 0 aliphatic heterocycles. The van der Waals surface area contributed by atoms with Crippen LogP contribution in [0.25, 0.3) is 0 Å². The number of amides is 1. The standard InChI is InChI=1S/C11H18N2O5/c1-3-6(2)9(11(17)18)13-8(14)5-4-7(12)10(15)16/h7,9H,2-5,12H2,1H3,(H,13,14)(H,15,16)(H,17,18)/t7-,9-/m0/s1. The quantitative estimate of drug-likeness (QED) is 0.443. The number of aliphatic carboxylic acids is 2. The summed E-state index contributed by atoms with van der Waals surface area (Å²) in [6.07, 6.45) is 0.228. The molecule has 0 unspecified atom stereocenters. The summed E-state index contributed by atoms with van der Waals surface area (Å²) in [4.78, 5) is 32.8. The monoisotopic (exact) mass is 258 g/mol. The van der Waals surface area contributed by atoms with Crippen LogP contribution in [0, 0.1) is 0 Å². The normalized spacial score (nSPS) is 13.4. The third-order valence-electron chi connectivity index (χ3n) is 2.41. The number of rotatable bonds is 8. The van der Waals surface area contributed by atoms with Gasteiger partial charge in [0.2, 0.25) is 5.91 Å². The molecule has 0 saturated carbocycles. The zero-order valence-corrected chi connectivity index (χ0v) is 10.2. The van der Waals surface area contributed by atoms with Gasteiger partial charge in [0.05, 0.1) is 0 Å². The van der Waals surface area contributed by atoms with Crippen LogP contribution in [-0.2, 0) is 14.4 Å². The average Bonchev–Trinajstić information content (AvgIpc) is 2.31. The second-order valence-corrected chi connectivity index (χ2v) is 3.83. The summed E-state index contributed by atoms with van der Waals surface area (Å²) in [6.45, 7) is 5.28. The van der Waals surface area contributed by atoms with Crippen molar-refractivity contribution in [2.75, 3.05) is 0 Å². The highest BCUT2D eigenvalue weighted by Crippen LogP contribution is 2.05. The predicted molar refractivity (Wildman–Crippen MR) is 63.8 cm³/mol. The van der Waals surface area contributed by atoms with Gasteiger partial charge >= 0.3 is 11.9 Å². The van der Waals surface area contributed by atoms with Crippen LogP contribution in [0.15, 0.2) is 12.2 Å². The Morgan fingerprint density at radius 1 is 1.28 bits per heavy atom. The largest absolute Gasteiger partial charge is 0.480 e. The summed E-state index contributed by atoms with van der Waals surface area (Å²) >= 11 is 0. The van der Waals surface area contributed by atoms with Crippen molar-refractivity contribution in [3.05, 3.63) is 12.2 Å². The van der Waals surface area contributed by atoms with Gasteiger partial charge in [0.1, 0.15) is 12.1 Å². The molecule has 1 amide bonds. The molecule has 0 spiro atoms. The predicted octanol–water partition coefficient (Wildman–Crippen LogP) is -0.286. The van der Waals surface area contributed by atoms with Crippen LogP contribution in [0.4, 0.5) is 0 Å². The molecule has 0 rings (SSSR count). The Bertz CT molecular complexity index is 353. The molecule has 7 nitrogen and oxygen atoms in total. The van der Waals surface area contributed by atoms with Crippen LogP contribution >= 0.6 is 0 Å². The van der Waals surface area contributed by atoms with Gasteiger partial charge in [-0.15, -0.1) is 0 Å². The molecule has 0 saturated heterocycles. The van der Waals surface area contributed by atoms with Crippen LogP contribution in [0.3, 0.4) is 0 Å². The van der Waals surface area contributed by atoms with Gasteiger partial charge in [0.15, 0.2) is 0 Å². The SMILES string of the molecule is C=C(CC)[C@H](NC(=O)CC[C@H](N)C(=O)O)C(=O)O. The van der Waals surface area contributed by atoms with Crippen LogP contribution < -0.4 is 11.1 Å². The second-order valence-electron chi connectivity index (χ2n) is 3.83. The van der Waals surface area contributed by atoms with E-state index >= 15 is 0 Å². The molecule has 0 heterocycles. The molecular weight excluding hydrogens is 240 g/mol. The summed E-state index contributed by atoms with van der Waals surface area (Å²) in [5.41, 5.74) is 5.60. The van der Waals surface area contributed by atoms with E-state index in [0.717, 1.165) is 0 Å². The van der Waals surface area contributed by atoms with Gasteiger partial charge in [0, 0.05) is 6.42 Å². The van der Waals surface area contributed by atoms with E-state index in [9.17, 15) is 14.4 Å². The van der Waals surface area contributed by atoms with Crippen LogP contribution in [-0.4, -0.2) is 40.1 Å². The first-order chi connectivity index (χ1) is 8.29. The van der Waals surface area contributed by atoms with Crippen LogP contribution in [0.5, 0.6) is 0 Å². The molecule has 0 aromatic heterocycles. The minimum absolute atomic E-state index is 0.0495. The van der Waals surface area contributed by atoms with E-state index in [0.29, 0.717) is 12.0 Å². The molecule has 5 N–H and O–H groups in total. The molecular formula is C11H18N2O5. The number of carboxylic acid groups (broad SMARTS) is 2. The van der Waals surface area contributed by atoms with Crippen LogP contribution in [0.2, 0.25) is 0 Å². The van der Waals surface area contributed by atoms with Gasteiger partial charge in [-0.05, 0) is 18.4 Å². The maximum Gasteiger partial charge on any atom is 0.330 e. The lowest BCUT2D eigenvalue weighted by atomic mass is 10.1. The third kappa shape index (κ3) is 5.44. The number of carbonyl (C=O) groups is 3. The minimum atomic E-state index is -1.20. The zero-order chi connectivity index (χ0) is 14.3. The minimum Gasteiger partial charge on any atom is -0.480 e. The summed E-state index contributed by atoms with van der Waals surface area (Å²) in [6, 6.07) is -2.28. The number of hydrogen-bond acceptors (Lipinski definition) is 4. The van der Waals surface area contributed by atoms with Crippen molar-refractivity contribution in [2.24, 2.45) is 5.73 Å². The molecule has 0 aliphatic rings. The fourth-order valence-electron chi connectivity index (χ4n) is 1.19. The smallest absolute Gasteiger partial charge is 0.330 e. The van der Waals surface area contributed by atoms with Crippen molar-refractivity contribution in [3.8, 4) is 0 Å². The van der Waals surface area contributed by atoms with E-state index < -0.39 is 29.9 Å². The van der Waals surface area contributed by atoms with Crippen molar-refractivity contribution in [1.29, 1.82) is 0 Å². The zero-order valence-electron chi connectivity index (χ0n) is 10.2. The highest BCUT2D eigenvalue weighted by Gasteiger charge is 2.22. The average molecular weight is 258 g/mol. The lowest BCUT2D eigenvalue weighted by molar-refractivity contribution is -0.141. The topological polar surface area (TPSA) is 130 Å². The fourth-order valence-corrected chi connectivity index (χ4v) is 1.19. The van der Waals surface area contributed by atoms with Crippen molar-refractivity contribution < 1.29 is 24.6 Å². The molecule has 0 aromatic rings. The van der Waals surface area contributed by atoms with Crippen molar-refractivity contribution in [2.45, 2.75) is 38.3 Å². The molecule has 18 heavy (non-hydrogen) atoms. The van der Waals surface area contributed by atoms with E-state index in [1.165, 1.54) is 0 Å². The highest BCUT2D eigenvalue weighted by molar-refractivity contribution is 5.86. The summed E-state index contributed by atoms with van der Waals surface area (Å²) in [7, 11) is 0. The summed E-state index contributed by atoms with van der Waals surface area (Å²) in [5.74, 6) is -2.96. The Hall–Kier alpha value is -1.89. The lowest BCUT2D eigenvalue weighted by Crippen LogP contribution is -2.42. The number of nitrogens with two attached hydrogens (primary N) is 1. The van der Waals surface area contributed by atoms with E-state index in [4.69, 9.17) is 15.9 Å². The molecule has 2 atom stereocenters. The van der Waals surface area contributed by atoms with Crippen molar-refractivity contribution in [3.63, 3.8) is 0 Å². The second kappa shape index (κ2) is 7.44. The van der Waals surface area contributed by atoms with Crippen molar-refractivity contribution in [1.82, 2.24) is 5.32 Å². The Morgan fingerprint density at radius 3 is 2.22 bits per heavy atom. The number of carboxylic acids is 2.